The molecule has 0 bridgehead atoms. The van der Waals surface area contributed by atoms with E-state index in [1.54, 1.807) is 6.07 Å². The summed E-state index contributed by atoms with van der Waals surface area (Å²) >= 11 is 0. The van der Waals surface area contributed by atoms with Crippen LogP contribution in [0.4, 0.5) is 0 Å². The van der Waals surface area contributed by atoms with Crippen molar-refractivity contribution < 1.29 is 18.3 Å². The number of nitrogens with one attached hydrogen (secondary N) is 1. The molecule has 1 fully saturated rings. The highest BCUT2D eigenvalue weighted by Gasteiger charge is 2.26. The van der Waals surface area contributed by atoms with E-state index in [9.17, 15) is 8.42 Å². The fraction of sp³-hybridized carbons (Fsp3) is 0.571. The first kappa shape index (κ1) is 16.2. The van der Waals surface area contributed by atoms with Gasteiger partial charge in [0.25, 0.3) is 0 Å². The Morgan fingerprint density at radius 1 is 1.43 bits per heavy atom. The number of hydrogen-bond acceptors (Lipinski definition) is 5. The third-order valence-corrected chi connectivity index (χ3v) is 5.13. The summed E-state index contributed by atoms with van der Waals surface area (Å²) < 4.78 is 32.3. The van der Waals surface area contributed by atoms with Crippen molar-refractivity contribution in [1.29, 1.82) is 0 Å². The monoisotopic (exact) mass is 314 g/mol. The molecule has 0 unspecified atom stereocenters. The lowest BCUT2D eigenvalue weighted by Gasteiger charge is -2.16. The summed E-state index contributed by atoms with van der Waals surface area (Å²) in [6.45, 7) is 0.886. The minimum atomic E-state index is -3.61. The molecule has 6 nitrogen and oxygen atoms in total. The van der Waals surface area contributed by atoms with Gasteiger partial charge in [-0.2, -0.15) is 0 Å². The largest absolute Gasteiger partial charge is 0.495 e. The maximum absolute atomic E-state index is 12.3. The zero-order chi connectivity index (χ0) is 15.5. The van der Waals surface area contributed by atoms with Crippen LogP contribution in [0.25, 0.3) is 0 Å². The number of likely N-dealkylation sites (N-methyl/N-ethyl adjacent to an activating group) is 1. The highest BCUT2D eigenvalue weighted by Crippen LogP contribution is 2.26. The normalized spacial score (nSPS) is 15.4. The Morgan fingerprint density at radius 3 is 2.71 bits per heavy atom. The fourth-order valence-electron chi connectivity index (χ4n) is 2.16. The summed E-state index contributed by atoms with van der Waals surface area (Å²) in [6.07, 6.45) is 2.39. The van der Waals surface area contributed by atoms with Gasteiger partial charge in [0.1, 0.15) is 10.6 Å². The van der Waals surface area contributed by atoms with Crippen molar-refractivity contribution in [2.45, 2.75) is 30.4 Å². The van der Waals surface area contributed by atoms with Crippen LogP contribution < -0.4 is 9.46 Å². The van der Waals surface area contributed by atoms with E-state index in [2.05, 4.69) is 9.62 Å². The van der Waals surface area contributed by atoms with Gasteiger partial charge in [0.15, 0.2) is 0 Å². The lowest BCUT2D eigenvalue weighted by Crippen LogP contribution is -2.34. The van der Waals surface area contributed by atoms with Crippen LogP contribution in [0.2, 0.25) is 0 Å². The quantitative estimate of drug-likeness (QED) is 0.733. The van der Waals surface area contributed by atoms with Gasteiger partial charge in [-0.15, -0.1) is 0 Å². The lowest BCUT2D eigenvalue weighted by atomic mass is 10.2. The third-order valence-electron chi connectivity index (χ3n) is 3.63. The van der Waals surface area contributed by atoms with Crippen molar-refractivity contribution in [2.24, 2.45) is 0 Å². The highest BCUT2D eigenvalue weighted by molar-refractivity contribution is 7.89. The molecule has 1 aromatic carbocycles. The summed E-state index contributed by atoms with van der Waals surface area (Å²) in [5, 5.41) is 9.09. The molecular weight excluding hydrogens is 292 g/mol. The van der Waals surface area contributed by atoms with Crippen LogP contribution in [0.5, 0.6) is 5.75 Å². The van der Waals surface area contributed by atoms with E-state index in [-0.39, 0.29) is 17.3 Å². The fourth-order valence-corrected chi connectivity index (χ4v) is 3.33. The molecule has 1 aliphatic rings. The second-order valence-electron chi connectivity index (χ2n) is 5.25. The van der Waals surface area contributed by atoms with E-state index in [1.165, 1.54) is 32.1 Å². The lowest BCUT2D eigenvalue weighted by molar-refractivity contribution is 0.280. The highest BCUT2D eigenvalue weighted by atomic mass is 32.2. The van der Waals surface area contributed by atoms with Gasteiger partial charge in [0.2, 0.25) is 10.0 Å². The molecule has 1 aliphatic carbocycles. The minimum absolute atomic E-state index is 0.0938. The molecule has 21 heavy (non-hydrogen) atoms. The van der Waals surface area contributed by atoms with Gasteiger partial charge in [0, 0.05) is 19.1 Å². The van der Waals surface area contributed by atoms with Gasteiger partial charge < -0.3 is 14.7 Å². The molecule has 0 saturated heterocycles. The average Bonchev–Trinajstić information content (AvgIpc) is 3.30. The van der Waals surface area contributed by atoms with Crippen LogP contribution in [0, 0.1) is 0 Å². The molecule has 0 atom stereocenters. The van der Waals surface area contributed by atoms with Crippen LogP contribution in [-0.2, 0) is 16.6 Å². The van der Waals surface area contributed by atoms with E-state index < -0.39 is 10.0 Å². The number of rotatable bonds is 8. The molecule has 7 heteroatoms. The van der Waals surface area contributed by atoms with Crippen LogP contribution in [-0.4, -0.2) is 51.7 Å². The Morgan fingerprint density at radius 2 is 2.14 bits per heavy atom. The molecule has 0 spiro atoms. The standard InChI is InChI=1S/C14H22N2O4S/c1-16(12-4-5-12)8-7-15-21(18,19)14-6-3-11(10-17)9-13(14)20-2/h3,6,9,12,15,17H,4-5,7-8,10H2,1-2H3. The molecule has 0 amide bonds. The summed E-state index contributed by atoms with van der Waals surface area (Å²) in [5.74, 6) is 0.240. The molecule has 1 saturated carbocycles. The van der Waals surface area contributed by atoms with Crippen molar-refractivity contribution >= 4 is 10.0 Å². The zero-order valence-electron chi connectivity index (χ0n) is 12.4. The van der Waals surface area contributed by atoms with E-state index in [0.717, 1.165) is 0 Å². The molecule has 2 rings (SSSR count). The van der Waals surface area contributed by atoms with Crippen molar-refractivity contribution in [2.75, 3.05) is 27.2 Å². The number of sulfonamides is 1. The minimum Gasteiger partial charge on any atom is -0.495 e. The van der Waals surface area contributed by atoms with Gasteiger partial charge >= 0.3 is 0 Å². The summed E-state index contributed by atoms with van der Waals surface area (Å²) in [7, 11) is -0.197. The summed E-state index contributed by atoms with van der Waals surface area (Å²) in [4.78, 5) is 2.26. The number of methoxy groups -OCH3 is 1. The number of aliphatic hydroxyl groups excluding tert-OH is 1. The molecule has 0 radical (unpaired) electrons. The SMILES string of the molecule is COc1cc(CO)ccc1S(=O)(=O)NCCN(C)C1CC1. The van der Waals surface area contributed by atoms with Crippen molar-refractivity contribution in [3.8, 4) is 5.75 Å². The maximum atomic E-state index is 12.3. The number of benzene rings is 1. The molecule has 1 aromatic rings. The summed E-state index contributed by atoms with van der Waals surface area (Å²) in [6, 6.07) is 5.17. The zero-order valence-corrected chi connectivity index (χ0v) is 13.2. The molecule has 0 aromatic heterocycles. The molecule has 118 valence electrons. The van der Waals surface area contributed by atoms with E-state index in [4.69, 9.17) is 9.84 Å². The number of nitrogens with zero attached hydrogens (tertiary/aromatic N) is 1. The van der Waals surface area contributed by atoms with E-state index in [1.807, 2.05) is 7.05 Å². The predicted octanol–water partition coefficient (Wildman–Crippen LogP) is 0.560. The van der Waals surface area contributed by atoms with Crippen molar-refractivity contribution in [3.63, 3.8) is 0 Å². The smallest absolute Gasteiger partial charge is 0.244 e. The van der Waals surface area contributed by atoms with Crippen molar-refractivity contribution in [3.05, 3.63) is 23.8 Å². The second-order valence-corrected chi connectivity index (χ2v) is 6.99. The van der Waals surface area contributed by atoms with E-state index in [0.29, 0.717) is 24.7 Å². The second kappa shape index (κ2) is 6.74. The Kier molecular flexibility index (Phi) is 5.21. The Labute approximate surface area is 125 Å². The van der Waals surface area contributed by atoms with Crippen LogP contribution >= 0.6 is 0 Å². The molecule has 2 N–H and O–H groups in total. The van der Waals surface area contributed by atoms with Gasteiger partial charge in [0.05, 0.1) is 13.7 Å². The Bertz CT molecular complexity index is 585. The molecule has 0 heterocycles. The van der Waals surface area contributed by atoms with Gasteiger partial charge in [-0.3, -0.25) is 0 Å². The van der Waals surface area contributed by atoms with Crippen molar-refractivity contribution in [1.82, 2.24) is 9.62 Å². The number of aliphatic hydroxyl groups is 1. The topological polar surface area (TPSA) is 78.9 Å². The first-order valence-electron chi connectivity index (χ1n) is 6.95. The first-order valence-corrected chi connectivity index (χ1v) is 8.44. The van der Waals surface area contributed by atoms with Crippen LogP contribution in [0.15, 0.2) is 23.1 Å². The van der Waals surface area contributed by atoms with Gasteiger partial charge in [-0.1, -0.05) is 6.07 Å². The number of hydrogen-bond donors (Lipinski definition) is 2. The van der Waals surface area contributed by atoms with Crippen LogP contribution in [0.1, 0.15) is 18.4 Å². The average molecular weight is 314 g/mol. The molecule has 0 aliphatic heterocycles. The van der Waals surface area contributed by atoms with Gasteiger partial charge in [-0.25, -0.2) is 13.1 Å². The summed E-state index contributed by atoms with van der Waals surface area (Å²) in [5.41, 5.74) is 0.610. The maximum Gasteiger partial charge on any atom is 0.244 e. The van der Waals surface area contributed by atoms with Gasteiger partial charge in [-0.05, 0) is 37.6 Å². The Hall–Kier alpha value is -1.15. The van der Waals surface area contributed by atoms with E-state index >= 15 is 0 Å². The molecular formula is C14H22N2O4S. The third kappa shape index (κ3) is 4.16. The predicted molar refractivity (Wildman–Crippen MR) is 79.8 cm³/mol. The number of ether oxygens (including phenoxy) is 1. The first-order chi connectivity index (χ1) is 9.97. The van der Waals surface area contributed by atoms with Crippen LogP contribution in [0.3, 0.4) is 0 Å². The Balaban J connectivity index is 2.04.